The quantitative estimate of drug-likeness (QED) is 0.518. The second-order valence-electron chi connectivity index (χ2n) is 5.26. The number of aromatic nitrogens is 2. The average molecular weight is 359 g/mol. The van der Waals surface area contributed by atoms with Crippen LogP contribution in [0.5, 0.6) is 5.75 Å². The van der Waals surface area contributed by atoms with Crippen molar-refractivity contribution in [2.75, 3.05) is 13.2 Å². The Morgan fingerprint density at radius 1 is 1.12 bits per heavy atom. The molecule has 0 atom stereocenters. The highest BCUT2D eigenvalue weighted by atomic mass is 35.5. The van der Waals surface area contributed by atoms with E-state index in [9.17, 15) is 9.59 Å². The fourth-order valence-electron chi connectivity index (χ4n) is 2.37. The monoisotopic (exact) mass is 358 g/mol. The number of carbonyl (C=O) groups is 1. The molecule has 0 saturated heterocycles. The first-order chi connectivity index (χ1) is 12.1. The van der Waals surface area contributed by atoms with E-state index in [0.717, 1.165) is 4.68 Å². The molecule has 0 saturated carbocycles. The van der Waals surface area contributed by atoms with Gasteiger partial charge in [0.05, 0.1) is 5.39 Å². The molecule has 3 rings (SSSR count). The Bertz CT molecular complexity index is 984. The molecule has 0 radical (unpaired) electrons. The van der Waals surface area contributed by atoms with Crippen LogP contribution in [-0.2, 0) is 11.8 Å². The van der Waals surface area contributed by atoms with E-state index in [2.05, 4.69) is 5.10 Å². The lowest BCUT2D eigenvalue weighted by molar-refractivity contribution is 0.0443. The van der Waals surface area contributed by atoms with E-state index in [-0.39, 0.29) is 24.5 Å². The molecule has 0 aliphatic rings. The maximum Gasteiger partial charge on any atom is 0.359 e. The molecule has 2 aromatic carbocycles. The van der Waals surface area contributed by atoms with E-state index in [0.29, 0.717) is 21.5 Å². The summed E-state index contributed by atoms with van der Waals surface area (Å²) in [6.07, 6.45) is 0. The number of carbonyl (C=O) groups excluding carboxylic acids is 1. The number of nitrogens with zero attached hydrogens (tertiary/aromatic N) is 2. The Kier molecular flexibility index (Phi) is 5.00. The van der Waals surface area contributed by atoms with E-state index in [4.69, 9.17) is 21.1 Å². The fourth-order valence-corrected chi connectivity index (χ4v) is 2.55. The Morgan fingerprint density at radius 2 is 1.88 bits per heavy atom. The molecule has 0 aliphatic heterocycles. The second kappa shape index (κ2) is 7.36. The summed E-state index contributed by atoms with van der Waals surface area (Å²) in [7, 11) is 1.49. The third kappa shape index (κ3) is 3.80. The standard InChI is InChI=1S/C18H15ClN2O4/c1-21-17(22)15-8-3-2-7-14(15)16(20-21)18(23)25-10-9-24-13-6-4-5-12(19)11-13/h2-8,11H,9-10H2,1H3. The molecule has 1 heterocycles. The minimum absolute atomic E-state index is 0.0458. The first kappa shape index (κ1) is 17.0. The van der Waals surface area contributed by atoms with Crippen LogP contribution < -0.4 is 10.3 Å². The largest absolute Gasteiger partial charge is 0.490 e. The number of halogens is 1. The number of hydrogen-bond donors (Lipinski definition) is 0. The lowest BCUT2D eigenvalue weighted by Crippen LogP contribution is -2.24. The van der Waals surface area contributed by atoms with Gasteiger partial charge >= 0.3 is 5.97 Å². The van der Waals surface area contributed by atoms with Crippen molar-refractivity contribution in [3.63, 3.8) is 0 Å². The van der Waals surface area contributed by atoms with Gasteiger partial charge in [-0.1, -0.05) is 35.9 Å². The molecule has 0 amide bonds. The molecule has 128 valence electrons. The van der Waals surface area contributed by atoms with Crippen LogP contribution in [0, 0.1) is 0 Å². The number of fused-ring (bicyclic) bond motifs is 1. The minimum atomic E-state index is -0.610. The maximum absolute atomic E-state index is 12.3. The van der Waals surface area contributed by atoms with Gasteiger partial charge in [-0.05, 0) is 24.3 Å². The Hall–Kier alpha value is -2.86. The highest BCUT2D eigenvalue weighted by molar-refractivity contribution is 6.30. The molecule has 0 aliphatic carbocycles. The summed E-state index contributed by atoms with van der Waals surface area (Å²) in [5, 5.41) is 5.47. The van der Waals surface area contributed by atoms with Gasteiger partial charge in [-0.15, -0.1) is 0 Å². The van der Waals surface area contributed by atoms with Gasteiger partial charge < -0.3 is 9.47 Å². The number of esters is 1. The molecule has 1 aromatic heterocycles. The van der Waals surface area contributed by atoms with Crippen molar-refractivity contribution in [1.29, 1.82) is 0 Å². The van der Waals surface area contributed by atoms with Gasteiger partial charge in [0.15, 0.2) is 5.69 Å². The van der Waals surface area contributed by atoms with Crippen molar-refractivity contribution < 1.29 is 14.3 Å². The van der Waals surface area contributed by atoms with Gasteiger partial charge in [-0.25, -0.2) is 9.48 Å². The number of benzene rings is 2. The molecule has 6 nitrogen and oxygen atoms in total. The minimum Gasteiger partial charge on any atom is -0.490 e. The van der Waals surface area contributed by atoms with Gasteiger partial charge in [0.1, 0.15) is 19.0 Å². The highest BCUT2D eigenvalue weighted by Gasteiger charge is 2.16. The van der Waals surface area contributed by atoms with Crippen molar-refractivity contribution >= 4 is 28.3 Å². The second-order valence-corrected chi connectivity index (χ2v) is 5.70. The first-order valence-corrected chi connectivity index (χ1v) is 7.95. The first-order valence-electron chi connectivity index (χ1n) is 7.58. The molecule has 0 fully saturated rings. The van der Waals surface area contributed by atoms with Crippen molar-refractivity contribution in [1.82, 2.24) is 9.78 Å². The summed E-state index contributed by atoms with van der Waals surface area (Å²) in [4.78, 5) is 24.4. The summed E-state index contributed by atoms with van der Waals surface area (Å²) in [6, 6.07) is 13.7. The Balaban J connectivity index is 1.69. The van der Waals surface area contributed by atoms with Gasteiger partial charge in [0, 0.05) is 17.5 Å². The number of hydrogen-bond acceptors (Lipinski definition) is 5. The van der Waals surface area contributed by atoms with Crippen molar-refractivity contribution in [3.8, 4) is 5.75 Å². The smallest absolute Gasteiger partial charge is 0.359 e. The Labute approximate surface area is 148 Å². The molecule has 3 aromatic rings. The summed E-state index contributed by atoms with van der Waals surface area (Å²) in [6.45, 7) is 0.222. The van der Waals surface area contributed by atoms with Crippen molar-refractivity contribution in [2.45, 2.75) is 0 Å². The van der Waals surface area contributed by atoms with Gasteiger partial charge in [-0.2, -0.15) is 5.10 Å². The van der Waals surface area contributed by atoms with E-state index >= 15 is 0 Å². The number of aryl methyl sites for hydroxylation is 1. The number of rotatable bonds is 5. The van der Waals surface area contributed by atoms with Crippen LogP contribution in [0.15, 0.2) is 53.3 Å². The van der Waals surface area contributed by atoms with Crippen molar-refractivity contribution in [3.05, 3.63) is 69.6 Å². The van der Waals surface area contributed by atoms with Gasteiger partial charge in [0.25, 0.3) is 5.56 Å². The van der Waals surface area contributed by atoms with Crippen molar-refractivity contribution in [2.24, 2.45) is 7.05 Å². The molecule has 0 unspecified atom stereocenters. The SMILES string of the molecule is Cn1nc(C(=O)OCCOc2cccc(Cl)c2)c2ccccc2c1=O. The van der Waals surface area contributed by atoms with Crippen LogP contribution in [0.3, 0.4) is 0 Å². The van der Waals surface area contributed by atoms with Crippen LogP contribution >= 0.6 is 11.6 Å². The molecule has 25 heavy (non-hydrogen) atoms. The van der Waals surface area contributed by atoms with E-state index < -0.39 is 5.97 Å². The highest BCUT2D eigenvalue weighted by Crippen LogP contribution is 2.17. The molecule has 7 heteroatoms. The summed E-state index contributed by atoms with van der Waals surface area (Å²) in [5.41, 5.74) is -0.170. The average Bonchev–Trinajstić information content (AvgIpc) is 2.62. The summed E-state index contributed by atoms with van der Waals surface area (Å²) >= 11 is 5.87. The predicted octanol–water partition coefficient (Wildman–Crippen LogP) is 2.82. The lowest BCUT2D eigenvalue weighted by atomic mass is 10.1. The van der Waals surface area contributed by atoms with E-state index in [1.54, 1.807) is 48.5 Å². The summed E-state index contributed by atoms with van der Waals surface area (Å²) in [5.74, 6) is -0.0178. The van der Waals surface area contributed by atoms with E-state index in [1.807, 2.05) is 0 Å². The lowest BCUT2D eigenvalue weighted by Gasteiger charge is -2.09. The van der Waals surface area contributed by atoms with Crippen LogP contribution in [0.1, 0.15) is 10.5 Å². The van der Waals surface area contributed by atoms with E-state index in [1.165, 1.54) is 7.05 Å². The zero-order valence-electron chi connectivity index (χ0n) is 13.4. The maximum atomic E-state index is 12.3. The van der Waals surface area contributed by atoms with Gasteiger partial charge in [0.2, 0.25) is 0 Å². The Morgan fingerprint density at radius 3 is 2.64 bits per heavy atom. The molecule has 0 spiro atoms. The van der Waals surface area contributed by atoms with Crippen LogP contribution in [0.25, 0.3) is 10.8 Å². The zero-order chi connectivity index (χ0) is 17.8. The fraction of sp³-hybridized carbons (Fsp3) is 0.167. The third-order valence-electron chi connectivity index (χ3n) is 3.53. The normalized spacial score (nSPS) is 10.6. The van der Waals surface area contributed by atoms with Crippen LogP contribution in [-0.4, -0.2) is 29.0 Å². The van der Waals surface area contributed by atoms with Gasteiger partial charge in [-0.3, -0.25) is 4.79 Å². The predicted molar refractivity (Wildman–Crippen MR) is 94.2 cm³/mol. The molecular formula is C18H15ClN2O4. The zero-order valence-corrected chi connectivity index (χ0v) is 14.2. The molecular weight excluding hydrogens is 344 g/mol. The number of ether oxygens (including phenoxy) is 2. The molecule has 0 bridgehead atoms. The summed E-state index contributed by atoms with van der Waals surface area (Å²) < 4.78 is 11.8. The third-order valence-corrected chi connectivity index (χ3v) is 3.77. The molecule has 0 N–H and O–H groups in total. The van der Waals surface area contributed by atoms with Crippen LogP contribution in [0.4, 0.5) is 0 Å². The van der Waals surface area contributed by atoms with Crippen LogP contribution in [0.2, 0.25) is 5.02 Å². The topological polar surface area (TPSA) is 70.4 Å².